The third kappa shape index (κ3) is 4.85. The smallest absolute Gasteiger partial charge is 0.315 e. The number of amides is 2. The quantitative estimate of drug-likeness (QED) is 0.776. The van der Waals surface area contributed by atoms with E-state index in [0.717, 1.165) is 37.8 Å². The molecule has 0 aromatic heterocycles. The Morgan fingerprint density at radius 2 is 2.11 bits per heavy atom. The minimum atomic E-state index is -3.27. The number of nitrogens with one attached hydrogen (secondary N) is 2. The lowest BCUT2D eigenvalue weighted by atomic mass is 9.79. The number of hydrogen-bond donors (Lipinski definition) is 2. The van der Waals surface area contributed by atoms with Gasteiger partial charge in [-0.15, -0.1) is 0 Å². The minimum Gasteiger partial charge on any atom is -0.370 e. The molecule has 1 saturated heterocycles. The number of nitrogens with zero attached hydrogens (tertiary/aromatic N) is 1. The number of carbonyl (C=O) groups is 1. The van der Waals surface area contributed by atoms with Crippen molar-refractivity contribution in [1.82, 2.24) is 15.5 Å². The maximum Gasteiger partial charge on any atom is 0.315 e. The Balaban J connectivity index is 1.76. The van der Waals surface area contributed by atoms with Crippen molar-refractivity contribution in [2.24, 2.45) is 0 Å². The molecule has 1 heterocycles. The van der Waals surface area contributed by atoms with Crippen molar-refractivity contribution in [3.8, 4) is 0 Å². The number of rotatable bonds is 5. The summed E-state index contributed by atoms with van der Waals surface area (Å²) in [7, 11) is -3.27. The first-order valence-electron chi connectivity index (χ1n) is 10.0. The zero-order chi connectivity index (χ0) is 20.2. The van der Waals surface area contributed by atoms with Crippen molar-refractivity contribution in [1.29, 1.82) is 0 Å². The van der Waals surface area contributed by atoms with Crippen molar-refractivity contribution in [2.75, 3.05) is 32.5 Å². The van der Waals surface area contributed by atoms with Gasteiger partial charge in [-0.25, -0.2) is 13.2 Å². The molecule has 1 aliphatic carbocycles. The van der Waals surface area contributed by atoms with Crippen molar-refractivity contribution >= 4 is 15.9 Å². The number of urea groups is 1. The Morgan fingerprint density at radius 3 is 2.86 bits per heavy atom. The first kappa shape index (κ1) is 21.1. The Labute approximate surface area is 167 Å². The van der Waals surface area contributed by atoms with Crippen LogP contribution in [0.5, 0.6) is 0 Å². The molecule has 2 aliphatic rings. The van der Waals surface area contributed by atoms with Gasteiger partial charge < -0.3 is 15.4 Å². The highest BCUT2D eigenvalue weighted by Gasteiger charge is 2.45. The van der Waals surface area contributed by atoms with Gasteiger partial charge in [0.15, 0.2) is 9.84 Å². The molecule has 28 heavy (non-hydrogen) atoms. The van der Waals surface area contributed by atoms with Gasteiger partial charge in [0, 0.05) is 32.4 Å². The molecular formula is C20H31N3O4S. The second-order valence-corrected chi connectivity index (χ2v) is 9.79. The number of carbonyl (C=O) groups excluding carboxylic acids is 1. The number of ether oxygens (including phenoxy) is 1. The highest BCUT2D eigenvalue weighted by molar-refractivity contribution is 7.90. The third-order valence-corrected chi connectivity index (χ3v) is 6.87. The van der Waals surface area contributed by atoms with Crippen LogP contribution in [0.15, 0.2) is 29.2 Å². The van der Waals surface area contributed by atoms with Crippen LogP contribution in [0.3, 0.4) is 0 Å². The van der Waals surface area contributed by atoms with E-state index in [-0.39, 0.29) is 12.1 Å². The molecule has 0 radical (unpaired) electrons. The van der Waals surface area contributed by atoms with Crippen molar-refractivity contribution < 1.29 is 17.9 Å². The number of morpholine rings is 1. The Hall–Kier alpha value is -1.64. The number of hydrogen-bond acceptors (Lipinski definition) is 5. The van der Waals surface area contributed by atoms with Gasteiger partial charge in [0.2, 0.25) is 0 Å². The van der Waals surface area contributed by atoms with Gasteiger partial charge in [-0.2, -0.15) is 0 Å². The van der Waals surface area contributed by atoms with Crippen LogP contribution in [-0.2, 0) is 21.1 Å². The van der Waals surface area contributed by atoms with Gasteiger partial charge in [0.25, 0.3) is 0 Å². The van der Waals surface area contributed by atoms with Crippen molar-refractivity contribution in [2.45, 2.75) is 55.7 Å². The lowest BCUT2D eigenvalue weighted by Gasteiger charge is -2.49. The number of benzene rings is 1. The largest absolute Gasteiger partial charge is 0.370 e. The Kier molecular flexibility index (Phi) is 6.62. The predicted octanol–water partition coefficient (Wildman–Crippen LogP) is 1.92. The van der Waals surface area contributed by atoms with E-state index in [1.54, 1.807) is 12.1 Å². The summed E-state index contributed by atoms with van der Waals surface area (Å²) in [6.45, 7) is 5.04. The Morgan fingerprint density at radius 1 is 1.32 bits per heavy atom. The van der Waals surface area contributed by atoms with Gasteiger partial charge in [-0.1, -0.05) is 31.0 Å². The van der Waals surface area contributed by atoms with Crippen LogP contribution < -0.4 is 10.6 Å². The minimum absolute atomic E-state index is 0.0410. The molecule has 156 valence electrons. The highest BCUT2D eigenvalue weighted by atomic mass is 32.2. The van der Waals surface area contributed by atoms with Crippen LogP contribution >= 0.6 is 0 Å². The predicted molar refractivity (Wildman–Crippen MR) is 108 cm³/mol. The van der Waals surface area contributed by atoms with Crippen LogP contribution in [0, 0.1) is 0 Å². The fraction of sp³-hybridized carbons (Fsp3) is 0.650. The maximum absolute atomic E-state index is 12.1. The first-order valence-corrected chi connectivity index (χ1v) is 11.9. The average molecular weight is 410 g/mol. The van der Waals surface area contributed by atoms with E-state index in [1.807, 2.05) is 19.1 Å². The molecule has 2 N–H and O–H groups in total. The molecule has 2 fully saturated rings. The fourth-order valence-electron chi connectivity index (χ4n) is 4.40. The monoisotopic (exact) mass is 409 g/mol. The third-order valence-electron chi connectivity index (χ3n) is 5.67. The van der Waals surface area contributed by atoms with Crippen LogP contribution in [0.4, 0.5) is 4.79 Å². The van der Waals surface area contributed by atoms with E-state index in [1.165, 1.54) is 6.26 Å². The fourth-order valence-corrected chi connectivity index (χ4v) is 5.33. The van der Waals surface area contributed by atoms with Crippen LogP contribution in [0.1, 0.15) is 38.2 Å². The van der Waals surface area contributed by atoms with E-state index >= 15 is 0 Å². The molecular weight excluding hydrogens is 378 g/mol. The summed E-state index contributed by atoms with van der Waals surface area (Å²) in [5.74, 6) is 0. The van der Waals surface area contributed by atoms with E-state index < -0.39 is 15.4 Å². The van der Waals surface area contributed by atoms with Gasteiger partial charge in [0.1, 0.15) is 5.60 Å². The van der Waals surface area contributed by atoms with E-state index in [4.69, 9.17) is 4.74 Å². The summed E-state index contributed by atoms with van der Waals surface area (Å²) in [6.07, 6.45) is 5.18. The van der Waals surface area contributed by atoms with Crippen molar-refractivity contribution in [3.05, 3.63) is 29.8 Å². The standard InChI is InChI=1S/C20H31N3O4S/c1-3-21-19(24)22-18-10-6-7-11-20(18)15-23(12-13-27-20)14-16-8-4-5-9-17(16)28(2,25)26/h4-5,8-9,18H,3,6-7,10-15H2,1-2H3,(H2,21,22,24). The normalized spacial score (nSPS) is 26.1. The summed E-state index contributed by atoms with van der Waals surface area (Å²) in [4.78, 5) is 14.7. The van der Waals surface area contributed by atoms with Crippen LogP contribution in [0.2, 0.25) is 0 Å². The zero-order valence-electron chi connectivity index (χ0n) is 16.7. The molecule has 1 saturated carbocycles. The SMILES string of the molecule is CCNC(=O)NC1CCCCC12CN(Cc1ccccc1S(C)(=O)=O)CCO2. The van der Waals surface area contributed by atoms with E-state index in [2.05, 4.69) is 15.5 Å². The molecule has 1 aromatic rings. The first-order chi connectivity index (χ1) is 13.3. The van der Waals surface area contributed by atoms with Gasteiger partial charge in [0.05, 0.1) is 17.5 Å². The zero-order valence-corrected chi connectivity index (χ0v) is 17.6. The second kappa shape index (κ2) is 8.80. The summed E-state index contributed by atoms with van der Waals surface area (Å²) >= 11 is 0. The molecule has 1 aliphatic heterocycles. The highest BCUT2D eigenvalue weighted by Crippen LogP contribution is 2.35. The maximum atomic E-state index is 12.1. The molecule has 2 amide bonds. The second-order valence-electron chi connectivity index (χ2n) is 7.81. The van der Waals surface area contributed by atoms with E-state index in [0.29, 0.717) is 31.1 Å². The Bertz CT molecular complexity index is 794. The van der Waals surface area contributed by atoms with Crippen molar-refractivity contribution in [3.63, 3.8) is 0 Å². The molecule has 3 rings (SSSR count). The summed E-state index contributed by atoms with van der Waals surface area (Å²) < 4.78 is 30.5. The average Bonchev–Trinajstić information content (AvgIpc) is 2.64. The van der Waals surface area contributed by atoms with Gasteiger partial charge in [-0.3, -0.25) is 4.90 Å². The number of sulfone groups is 1. The molecule has 8 heteroatoms. The summed E-state index contributed by atoms with van der Waals surface area (Å²) in [5.41, 5.74) is 0.396. The van der Waals surface area contributed by atoms with Crippen LogP contribution in [0.25, 0.3) is 0 Å². The topological polar surface area (TPSA) is 87.7 Å². The molecule has 7 nitrogen and oxygen atoms in total. The molecule has 2 atom stereocenters. The van der Waals surface area contributed by atoms with Gasteiger partial charge >= 0.3 is 6.03 Å². The molecule has 0 bridgehead atoms. The summed E-state index contributed by atoms with van der Waals surface area (Å²) in [6, 6.07) is 6.98. The summed E-state index contributed by atoms with van der Waals surface area (Å²) in [5, 5.41) is 5.91. The van der Waals surface area contributed by atoms with Gasteiger partial charge in [-0.05, 0) is 31.4 Å². The molecule has 1 spiro atoms. The lowest BCUT2D eigenvalue weighted by Crippen LogP contribution is -2.64. The van der Waals surface area contributed by atoms with Crippen LogP contribution in [-0.4, -0.2) is 63.5 Å². The molecule has 2 unspecified atom stereocenters. The lowest BCUT2D eigenvalue weighted by molar-refractivity contribution is -0.142. The van der Waals surface area contributed by atoms with E-state index in [9.17, 15) is 13.2 Å². The molecule has 1 aromatic carbocycles.